The number of rotatable bonds is 6. The topological polar surface area (TPSA) is 72.2 Å². The highest BCUT2D eigenvalue weighted by atomic mass is 32.2. The summed E-state index contributed by atoms with van der Waals surface area (Å²) in [4.78, 5) is 0.324. The summed E-state index contributed by atoms with van der Waals surface area (Å²) in [7, 11) is -3.16. The van der Waals surface area contributed by atoms with Crippen molar-refractivity contribution in [2.75, 3.05) is 6.26 Å². The first-order chi connectivity index (χ1) is 10.0. The van der Waals surface area contributed by atoms with E-state index in [1.807, 2.05) is 30.3 Å². The number of aryl methyl sites for hydroxylation is 1. The van der Waals surface area contributed by atoms with Crippen molar-refractivity contribution in [1.82, 2.24) is 5.43 Å². The molecule has 0 saturated heterocycles. The average molecular weight is 304 g/mol. The van der Waals surface area contributed by atoms with Gasteiger partial charge in [-0.3, -0.25) is 11.3 Å². The molecule has 0 radical (unpaired) electrons. The standard InChI is InChI=1S/C16H20N2O2S/c1-21(19,20)15-10-8-14(9-11-15)16(18-17)12-7-13-5-3-2-4-6-13/h2-6,8-11,16,18H,7,12,17H2,1H3. The van der Waals surface area contributed by atoms with Crippen molar-refractivity contribution in [3.05, 3.63) is 65.7 Å². The van der Waals surface area contributed by atoms with Crippen LogP contribution in [0.1, 0.15) is 23.6 Å². The van der Waals surface area contributed by atoms with Crippen LogP contribution in [0.3, 0.4) is 0 Å². The van der Waals surface area contributed by atoms with Gasteiger partial charge in [-0.25, -0.2) is 8.42 Å². The van der Waals surface area contributed by atoms with Crippen molar-refractivity contribution >= 4 is 9.84 Å². The molecule has 0 fully saturated rings. The third-order valence-corrected chi connectivity index (χ3v) is 4.60. The Kier molecular flexibility index (Phi) is 5.12. The number of nitrogens with two attached hydrogens (primary N) is 1. The SMILES string of the molecule is CS(=O)(=O)c1ccc(C(CCc2ccccc2)NN)cc1. The number of hydrazine groups is 1. The summed E-state index contributed by atoms with van der Waals surface area (Å²) in [6.07, 6.45) is 2.96. The lowest BCUT2D eigenvalue weighted by atomic mass is 9.99. The van der Waals surface area contributed by atoms with Gasteiger partial charge < -0.3 is 0 Å². The Bertz CT molecular complexity index is 667. The van der Waals surface area contributed by atoms with Gasteiger partial charge in [0.25, 0.3) is 0 Å². The maximum absolute atomic E-state index is 11.5. The van der Waals surface area contributed by atoms with Gasteiger partial charge in [-0.2, -0.15) is 0 Å². The lowest BCUT2D eigenvalue weighted by Gasteiger charge is -2.16. The summed E-state index contributed by atoms with van der Waals surface area (Å²) in [5.74, 6) is 5.62. The lowest BCUT2D eigenvalue weighted by molar-refractivity contribution is 0.516. The molecule has 0 heterocycles. The molecule has 0 aliphatic rings. The quantitative estimate of drug-likeness (QED) is 0.634. The van der Waals surface area contributed by atoms with E-state index >= 15 is 0 Å². The molecular weight excluding hydrogens is 284 g/mol. The van der Waals surface area contributed by atoms with Crippen LogP contribution in [0, 0.1) is 0 Å². The van der Waals surface area contributed by atoms with Crippen molar-refractivity contribution in [3.8, 4) is 0 Å². The van der Waals surface area contributed by atoms with E-state index in [4.69, 9.17) is 5.84 Å². The summed E-state index contributed by atoms with van der Waals surface area (Å²) < 4.78 is 22.9. The molecule has 0 aromatic heterocycles. The van der Waals surface area contributed by atoms with Crippen LogP contribution in [0.4, 0.5) is 0 Å². The maximum atomic E-state index is 11.5. The normalized spacial score (nSPS) is 13.0. The van der Waals surface area contributed by atoms with Gasteiger partial charge in [-0.15, -0.1) is 0 Å². The maximum Gasteiger partial charge on any atom is 0.175 e. The first-order valence-corrected chi connectivity index (χ1v) is 8.70. The predicted octanol–water partition coefficient (Wildman–Crippen LogP) is 2.23. The van der Waals surface area contributed by atoms with Gasteiger partial charge in [0.05, 0.1) is 4.90 Å². The van der Waals surface area contributed by atoms with Gasteiger partial charge in [0.2, 0.25) is 0 Å². The molecular formula is C16H20N2O2S. The van der Waals surface area contributed by atoms with Crippen LogP contribution in [0.5, 0.6) is 0 Å². The fourth-order valence-corrected chi connectivity index (χ4v) is 2.88. The van der Waals surface area contributed by atoms with Crippen molar-refractivity contribution in [2.45, 2.75) is 23.8 Å². The Morgan fingerprint density at radius 1 is 1.05 bits per heavy atom. The smallest absolute Gasteiger partial charge is 0.175 e. The van der Waals surface area contributed by atoms with Crippen molar-refractivity contribution in [1.29, 1.82) is 0 Å². The molecule has 0 aliphatic carbocycles. The number of nitrogens with one attached hydrogen (secondary N) is 1. The number of hydrogen-bond acceptors (Lipinski definition) is 4. The zero-order valence-corrected chi connectivity index (χ0v) is 12.8. The molecule has 0 spiro atoms. The largest absolute Gasteiger partial charge is 0.271 e. The summed E-state index contributed by atoms with van der Waals surface area (Å²) in [5.41, 5.74) is 5.04. The van der Waals surface area contributed by atoms with Crippen LogP contribution >= 0.6 is 0 Å². The molecule has 1 atom stereocenters. The van der Waals surface area contributed by atoms with Crippen LogP contribution in [-0.4, -0.2) is 14.7 Å². The number of hydrogen-bond donors (Lipinski definition) is 2. The zero-order chi connectivity index (χ0) is 15.3. The summed E-state index contributed by atoms with van der Waals surface area (Å²) >= 11 is 0. The fraction of sp³-hybridized carbons (Fsp3) is 0.250. The van der Waals surface area contributed by atoms with E-state index in [0.29, 0.717) is 4.90 Å². The minimum Gasteiger partial charge on any atom is -0.271 e. The second-order valence-corrected chi connectivity index (χ2v) is 7.10. The molecule has 2 aromatic rings. The molecule has 1 unspecified atom stereocenters. The van der Waals surface area contributed by atoms with E-state index in [1.54, 1.807) is 12.1 Å². The Morgan fingerprint density at radius 3 is 2.19 bits per heavy atom. The third kappa shape index (κ3) is 4.39. The fourth-order valence-electron chi connectivity index (χ4n) is 2.25. The molecule has 0 bridgehead atoms. The molecule has 2 rings (SSSR count). The van der Waals surface area contributed by atoms with Gasteiger partial charge in [-0.1, -0.05) is 42.5 Å². The Labute approximate surface area is 125 Å². The second-order valence-electron chi connectivity index (χ2n) is 5.08. The number of benzene rings is 2. The van der Waals surface area contributed by atoms with Gasteiger partial charge in [-0.05, 0) is 36.1 Å². The predicted molar refractivity (Wildman–Crippen MR) is 84.4 cm³/mol. The van der Waals surface area contributed by atoms with Crippen molar-refractivity contribution in [3.63, 3.8) is 0 Å². The first kappa shape index (κ1) is 15.7. The molecule has 0 amide bonds. The zero-order valence-electron chi connectivity index (χ0n) is 12.0. The third-order valence-electron chi connectivity index (χ3n) is 3.48. The molecule has 4 nitrogen and oxygen atoms in total. The van der Waals surface area contributed by atoms with Crippen LogP contribution in [0.15, 0.2) is 59.5 Å². The second kappa shape index (κ2) is 6.85. The lowest BCUT2D eigenvalue weighted by Crippen LogP contribution is -2.28. The van der Waals surface area contributed by atoms with Crippen molar-refractivity contribution < 1.29 is 8.42 Å². The molecule has 5 heteroatoms. The Morgan fingerprint density at radius 2 is 1.67 bits per heavy atom. The van der Waals surface area contributed by atoms with E-state index in [-0.39, 0.29) is 6.04 Å². The Hall–Kier alpha value is -1.69. The first-order valence-electron chi connectivity index (χ1n) is 6.81. The molecule has 21 heavy (non-hydrogen) atoms. The molecule has 112 valence electrons. The van der Waals surface area contributed by atoms with Gasteiger partial charge >= 0.3 is 0 Å². The molecule has 0 saturated carbocycles. The summed E-state index contributed by atoms with van der Waals surface area (Å²) in [6, 6.07) is 17.1. The van der Waals surface area contributed by atoms with E-state index in [1.165, 1.54) is 11.8 Å². The van der Waals surface area contributed by atoms with E-state index in [9.17, 15) is 8.42 Å². The monoisotopic (exact) mass is 304 g/mol. The minimum atomic E-state index is -3.16. The highest BCUT2D eigenvalue weighted by Crippen LogP contribution is 2.20. The van der Waals surface area contributed by atoms with Gasteiger partial charge in [0, 0.05) is 12.3 Å². The van der Waals surface area contributed by atoms with Gasteiger partial charge in [0.1, 0.15) is 0 Å². The van der Waals surface area contributed by atoms with Crippen LogP contribution in [-0.2, 0) is 16.3 Å². The Balaban J connectivity index is 2.07. The van der Waals surface area contributed by atoms with Crippen LogP contribution < -0.4 is 11.3 Å². The van der Waals surface area contributed by atoms with E-state index in [2.05, 4.69) is 17.6 Å². The molecule has 3 N–H and O–H groups in total. The average Bonchev–Trinajstić information content (AvgIpc) is 2.48. The summed E-state index contributed by atoms with van der Waals surface area (Å²) in [5, 5.41) is 0. The highest BCUT2D eigenvalue weighted by Gasteiger charge is 2.12. The highest BCUT2D eigenvalue weighted by molar-refractivity contribution is 7.90. The minimum absolute atomic E-state index is 0.00110. The number of sulfone groups is 1. The van der Waals surface area contributed by atoms with Crippen LogP contribution in [0.25, 0.3) is 0 Å². The molecule has 2 aromatic carbocycles. The van der Waals surface area contributed by atoms with E-state index < -0.39 is 9.84 Å². The van der Waals surface area contributed by atoms with E-state index in [0.717, 1.165) is 18.4 Å². The van der Waals surface area contributed by atoms with Crippen molar-refractivity contribution in [2.24, 2.45) is 5.84 Å². The summed E-state index contributed by atoms with van der Waals surface area (Å²) in [6.45, 7) is 0. The van der Waals surface area contributed by atoms with Gasteiger partial charge in [0.15, 0.2) is 9.84 Å². The van der Waals surface area contributed by atoms with Crippen LogP contribution in [0.2, 0.25) is 0 Å². The molecule has 0 aliphatic heterocycles.